The summed E-state index contributed by atoms with van der Waals surface area (Å²) in [5, 5.41) is 2.79. The maximum atomic E-state index is 12.4. The molecule has 0 spiro atoms. The molecule has 0 unspecified atom stereocenters. The van der Waals surface area contributed by atoms with Gasteiger partial charge in [0.2, 0.25) is 0 Å². The number of aryl methyl sites for hydroxylation is 2. The van der Waals surface area contributed by atoms with Crippen molar-refractivity contribution in [2.75, 3.05) is 0 Å². The van der Waals surface area contributed by atoms with Crippen molar-refractivity contribution in [2.24, 2.45) is 0 Å². The van der Waals surface area contributed by atoms with Crippen LogP contribution in [0.1, 0.15) is 34.9 Å². The van der Waals surface area contributed by atoms with Crippen molar-refractivity contribution in [2.45, 2.75) is 36.5 Å². The molecule has 0 saturated carbocycles. The highest BCUT2D eigenvalue weighted by Gasteiger charge is 2.23. The van der Waals surface area contributed by atoms with Crippen molar-refractivity contribution in [3.63, 3.8) is 0 Å². The second kappa shape index (κ2) is 6.17. The molecule has 0 amide bonds. The van der Waals surface area contributed by atoms with Gasteiger partial charge in [0.25, 0.3) is 5.56 Å². The van der Waals surface area contributed by atoms with Crippen molar-refractivity contribution < 1.29 is 0 Å². The second-order valence-electron chi connectivity index (χ2n) is 6.44. The SMILES string of the molecule is C[C@@H](Sc1ncnc2sc3c(c12)CCC3)c1nc2ccccc2c(=O)[nH]1. The molecule has 3 heterocycles. The Kier molecular flexibility index (Phi) is 3.79. The molecule has 1 aromatic carbocycles. The lowest BCUT2D eigenvalue weighted by atomic mass is 10.2. The lowest BCUT2D eigenvalue weighted by molar-refractivity contribution is 0.912. The number of thioether (sulfide) groups is 1. The average molecular weight is 380 g/mol. The molecule has 5 nitrogen and oxygen atoms in total. The Morgan fingerprint density at radius 3 is 3.04 bits per heavy atom. The molecule has 5 rings (SSSR count). The monoisotopic (exact) mass is 380 g/mol. The van der Waals surface area contributed by atoms with Crippen LogP contribution in [0.15, 0.2) is 40.4 Å². The number of fused-ring (bicyclic) bond motifs is 4. The number of H-pyrrole nitrogens is 1. The van der Waals surface area contributed by atoms with Crippen LogP contribution in [0.25, 0.3) is 21.1 Å². The van der Waals surface area contributed by atoms with Crippen molar-refractivity contribution in [1.29, 1.82) is 0 Å². The molecule has 1 aliphatic carbocycles. The van der Waals surface area contributed by atoms with Gasteiger partial charge in [-0.3, -0.25) is 4.79 Å². The van der Waals surface area contributed by atoms with E-state index in [1.165, 1.54) is 22.2 Å². The number of thiophene rings is 1. The molecule has 0 aliphatic heterocycles. The second-order valence-corrected chi connectivity index (χ2v) is 8.86. The van der Waals surface area contributed by atoms with Crippen LogP contribution < -0.4 is 5.56 Å². The predicted molar refractivity (Wildman–Crippen MR) is 106 cm³/mol. The summed E-state index contributed by atoms with van der Waals surface area (Å²) in [5.41, 5.74) is 2.05. The third-order valence-electron chi connectivity index (χ3n) is 4.77. The molecule has 3 aromatic heterocycles. The van der Waals surface area contributed by atoms with Gasteiger partial charge in [0.1, 0.15) is 22.0 Å². The zero-order valence-electron chi connectivity index (χ0n) is 14.2. The number of nitrogens with one attached hydrogen (secondary N) is 1. The van der Waals surface area contributed by atoms with E-state index in [1.807, 2.05) is 18.2 Å². The first kappa shape index (κ1) is 16.0. The summed E-state index contributed by atoms with van der Waals surface area (Å²) in [4.78, 5) is 31.5. The van der Waals surface area contributed by atoms with Crippen LogP contribution in [-0.4, -0.2) is 19.9 Å². The first-order valence-corrected chi connectivity index (χ1v) is 10.3. The zero-order valence-corrected chi connectivity index (χ0v) is 15.8. The van der Waals surface area contributed by atoms with Crippen molar-refractivity contribution >= 4 is 44.2 Å². The van der Waals surface area contributed by atoms with Gasteiger partial charge in [0.05, 0.1) is 16.2 Å². The molecule has 1 atom stereocenters. The highest BCUT2D eigenvalue weighted by atomic mass is 32.2. The van der Waals surface area contributed by atoms with Crippen molar-refractivity contribution in [1.82, 2.24) is 19.9 Å². The van der Waals surface area contributed by atoms with E-state index in [0.29, 0.717) is 11.2 Å². The van der Waals surface area contributed by atoms with E-state index in [9.17, 15) is 4.79 Å². The molecule has 0 saturated heterocycles. The quantitative estimate of drug-likeness (QED) is 0.424. The van der Waals surface area contributed by atoms with Gasteiger partial charge in [0, 0.05) is 10.3 Å². The Morgan fingerprint density at radius 1 is 1.23 bits per heavy atom. The van der Waals surface area contributed by atoms with Crippen LogP contribution in [0.2, 0.25) is 0 Å². The first-order chi connectivity index (χ1) is 12.7. The summed E-state index contributed by atoms with van der Waals surface area (Å²) >= 11 is 3.43. The fourth-order valence-electron chi connectivity index (χ4n) is 3.51. The summed E-state index contributed by atoms with van der Waals surface area (Å²) in [7, 11) is 0. The van der Waals surface area contributed by atoms with E-state index in [-0.39, 0.29) is 10.8 Å². The van der Waals surface area contributed by atoms with E-state index >= 15 is 0 Å². The topological polar surface area (TPSA) is 71.5 Å². The van der Waals surface area contributed by atoms with Gasteiger partial charge >= 0.3 is 0 Å². The standard InChI is InChI=1S/C19H16N4OS2/c1-10(16-22-13-7-3-2-5-11(13)17(24)23-16)25-18-15-12-6-4-8-14(12)26-19(15)21-9-20-18/h2-3,5,7,9-10H,4,6,8H2,1H3,(H,22,23,24)/t10-/m1/s1. The van der Waals surface area contributed by atoms with E-state index in [1.54, 1.807) is 35.5 Å². The third-order valence-corrected chi connectivity index (χ3v) is 7.08. The minimum absolute atomic E-state index is 0.0117. The summed E-state index contributed by atoms with van der Waals surface area (Å²) in [6, 6.07) is 7.43. The maximum Gasteiger partial charge on any atom is 0.258 e. The van der Waals surface area contributed by atoms with Gasteiger partial charge in [-0.1, -0.05) is 23.9 Å². The van der Waals surface area contributed by atoms with Crippen molar-refractivity contribution in [3.05, 3.63) is 57.2 Å². The molecule has 0 bridgehead atoms. The molecule has 1 N–H and O–H groups in total. The Bertz CT molecular complexity index is 1200. The number of para-hydroxylation sites is 1. The minimum atomic E-state index is -0.0951. The molecule has 130 valence electrons. The summed E-state index contributed by atoms with van der Waals surface area (Å²) < 4.78 is 0. The molecule has 4 aromatic rings. The molecular formula is C19H16N4OS2. The van der Waals surface area contributed by atoms with Crippen LogP contribution >= 0.6 is 23.1 Å². The Labute approximate surface area is 157 Å². The summed E-state index contributed by atoms with van der Waals surface area (Å²) in [6.45, 7) is 2.05. The lowest BCUT2D eigenvalue weighted by Gasteiger charge is -2.11. The molecule has 1 aliphatic rings. The van der Waals surface area contributed by atoms with Crippen LogP contribution in [0.3, 0.4) is 0 Å². The number of aromatic nitrogens is 4. The number of benzene rings is 1. The Hall–Kier alpha value is -2.25. The normalized spacial score (nSPS) is 14.8. The highest BCUT2D eigenvalue weighted by Crippen LogP contribution is 2.43. The average Bonchev–Trinajstić information content (AvgIpc) is 3.23. The molecule has 7 heteroatoms. The van der Waals surface area contributed by atoms with Crippen LogP contribution in [0, 0.1) is 0 Å². The third kappa shape index (κ3) is 2.54. The summed E-state index contributed by atoms with van der Waals surface area (Å²) in [6.07, 6.45) is 5.11. The van der Waals surface area contributed by atoms with Gasteiger partial charge in [-0.15, -0.1) is 11.3 Å². The predicted octanol–water partition coefficient (Wildman–Crippen LogP) is 4.27. The van der Waals surface area contributed by atoms with Gasteiger partial charge in [-0.05, 0) is 43.9 Å². The van der Waals surface area contributed by atoms with Gasteiger partial charge in [-0.25, -0.2) is 15.0 Å². The smallest absolute Gasteiger partial charge is 0.258 e. The van der Waals surface area contributed by atoms with Gasteiger partial charge in [0.15, 0.2) is 0 Å². The molecule has 0 fully saturated rings. The number of aromatic amines is 1. The summed E-state index contributed by atoms with van der Waals surface area (Å²) in [5.74, 6) is 0.678. The van der Waals surface area contributed by atoms with Gasteiger partial charge < -0.3 is 4.98 Å². The number of hydrogen-bond donors (Lipinski definition) is 1. The zero-order chi connectivity index (χ0) is 17.7. The van der Waals surface area contributed by atoms with E-state index in [2.05, 4.69) is 26.9 Å². The Morgan fingerprint density at radius 2 is 2.12 bits per heavy atom. The van der Waals surface area contributed by atoms with Crippen LogP contribution in [-0.2, 0) is 12.8 Å². The fraction of sp³-hybridized carbons (Fsp3) is 0.263. The molecular weight excluding hydrogens is 364 g/mol. The number of hydrogen-bond acceptors (Lipinski definition) is 6. The maximum absolute atomic E-state index is 12.4. The molecule has 0 radical (unpaired) electrons. The lowest BCUT2D eigenvalue weighted by Crippen LogP contribution is -2.12. The highest BCUT2D eigenvalue weighted by molar-refractivity contribution is 7.99. The Balaban J connectivity index is 1.56. The number of nitrogens with zero attached hydrogens (tertiary/aromatic N) is 3. The van der Waals surface area contributed by atoms with Crippen molar-refractivity contribution in [3.8, 4) is 0 Å². The van der Waals surface area contributed by atoms with E-state index in [0.717, 1.165) is 28.2 Å². The van der Waals surface area contributed by atoms with Crippen LogP contribution in [0.5, 0.6) is 0 Å². The first-order valence-electron chi connectivity index (χ1n) is 8.61. The fourth-order valence-corrected chi connectivity index (χ4v) is 5.81. The minimum Gasteiger partial charge on any atom is -0.309 e. The van der Waals surface area contributed by atoms with E-state index < -0.39 is 0 Å². The number of rotatable bonds is 3. The van der Waals surface area contributed by atoms with E-state index in [4.69, 9.17) is 0 Å². The van der Waals surface area contributed by atoms with Gasteiger partial charge in [-0.2, -0.15) is 0 Å². The van der Waals surface area contributed by atoms with Crippen LogP contribution in [0.4, 0.5) is 0 Å². The largest absolute Gasteiger partial charge is 0.309 e. The molecule has 26 heavy (non-hydrogen) atoms.